The van der Waals surface area contributed by atoms with E-state index in [1.807, 2.05) is 23.1 Å². The molecular formula is C17H19N3O3. The summed E-state index contributed by atoms with van der Waals surface area (Å²) in [4.78, 5) is 34.1. The first kappa shape index (κ1) is 14.2. The molecule has 23 heavy (non-hydrogen) atoms. The second-order valence-electron chi connectivity index (χ2n) is 6.52. The highest BCUT2D eigenvalue weighted by Crippen LogP contribution is 2.49. The van der Waals surface area contributed by atoms with E-state index in [0.29, 0.717) is 23.4 Å². The number of aromatic amines is 1. The third-order valence-corrected chi connectivity index (χ3v) is 5.36. The number of carbonyl (C=O) groups is 1. The molecule has 1 saturated heterocycles. The molecule has 1 aliphatic heterocycles. The molecule has 4 rings (SSSR count). The summed E-state index contributed by atoms with van der Waals surface area (Å²) in [6.45, 7) is 1.29. The molecule has 6 heteroatoms. The van der Waals surface area contributed by atoms with Gasteiger partial charge in [-0.25, -0.2) is 4.98 Å². The van der Waals surface area contributed by atoms with Gasteiger partial charge in [-0.1, -0.05) is 18.6 Å². The molecule has 2 unspecified atom stereocenters. The van der Waals surface area contributed by atoms with Crippen LogP contribution in [0.1, 0.15) is 19.3 Å². The van der Waals surface area contributed by atoms with Crippen LogP contribution in [0.5, 0.6) is 0 Å². The molecule has 0 amide bonds. The lowest BCUT2D eigenvalue weighted by atomic mass is 9.81. The smallest absolute Gasteiger partial charge is 0.313 e. The number of nitrogens with one attached hydrogen (secondary N) is 1. The first-order valence-electron chi connectivity index (χ1n) is 7.96. The Kier molecular flexibility index (Phi) is 3.14. The minimum Gasteiger partial charge on any atom is -0.469 e. The number of H-pyrrole nitrogens is 1. The van der Waals surface area contributed by atoms with Crippen molar-refractivity contribution >= 4 is 22.8 Å². The largest absolute Gasteiger partial charge is 0.469 e. The lowest BCUT2D eigenvalue weighted by Gasteiger charge is -2.25. The molecule has 2 aliphatic rings. The van der Waals surface area contributed by atoms with Crippen LogP contribution in [0, 0.1) is 11.3 Å². The van der Waals surface area contributed by atoms with Gasteiger partial charge in [-0.05, 0) is 30.9 Å². The van der Waals surface area contributed by atoms with Crippen molar-refractivity contribution in [1.29, 1.82) is 0 Å². The van der Waals surface area contributed by atoms with Crippen molar-refractivity contribution in [1.82, 2.24) is 9.97 Å². The van der Waals surface area contributed by atoms with E-state index >= 15 is 0 Å². The Bertz CT molecular complexity index is 831. The Morgan fingerprint density at radius 2 is 2.26 bits per heavy atom. The number of ether oxygens (including phenoxy) is 1. The topological polar surface area (TPSA) is 75.3 Å². The van der Waals surface area contributed by atoms with Crippen molar-refractivity contribution in [3.05, 3.63) is 34.6 Å². The molecule has 2 atom stereocenters. The lowest BCUT2D eigenvalue weighted by Crippen LogP contribution is -2.37. The molecule has 120 valence electrons. The van der Waals surface area contributed by atoms with Gasteiger partial charge < -0.3 is 9.64 Å². The van der Waals surface area contributed by atoms with Crippen LogP contribution >= 0.6 is 0 Å². The summed E-state index contributed by atoms with van der Waals surface area (Å²) in [7, 11) is 1.45. The second-order valence-corrected chi connectivity index (χ2v) is 6.52. The van der Waals surface area contributed by atoms with Gasteiger partial charge in [-0.3, -0.25) is 14.6 Å². The zero-order chi connectivity index (χ0) is 16.0. The van der Waals surface area contributed by atoms with Crippen LogP contribution in [0.25, 0.3) is 10.9 Å². The van der Waals surface area contributed by atoms with Gasteiger partial charge in [0, 0.05) is 13.1 Å². The SMILES string of the molecule is COC(=O)C12CCCC1CN(c1nc3ccccc3c(=O)[nH]1)C2. The number of nitrogens with zero attached hydrogens (tertiary/aromatic N) is 2. The zero-order valence-electron chi connectivity index (χ0n) is 13.0. The number of aromatic nitrogens is 2. The predicted molar refractivity (Wildman–Crippen MR) is 86.4 cm³/mol. The van der Waals surface area contributed by atoms with Gasteiger partial charge in [0.05, 0.1) is 23.4 Å². The average Bonchev–Trinajstić information content (AvgIpc) is 3.12. The molecule has 0 radical (unpaired) electrons. The Labute approximate surface area is 133 Å². The number of rotatable bonds is 2. The van der Waals surface area contributed by atoms with Crippen molar-refractivity contribution in [2.24, 2.45) is 11.3 Å². The molecule has 0 spiro atoms. The van der Waals surface area contributed by atoms with Crippen molar-refractivity contribution < 1.29 is 9.53 Å². The maximum Gasteiger partial charge on any atom is 0.313 e. The van der Waals surface area contributed by atoms with Gasteiger partial charge in [-0.15, -0.1) is 0 Å². The number of benzene rings is 1. The Balaban J connectivity index is 1.73. The van der Waals surface area contributed by atoms with E-state index in [1.54, 1.807) is 6.07 Å². The van der Waals surface area contributed by atoms with Gasteiger partial charge in [0.2, 0.25) is 5.95 Å². The van der Waals surface area contributed by atoms with Gasteiger partial charge in [0.25, 0.3) is 5.56 Å². The predicted octanol–water partition coefficient (Wildman–Crippen LogP) is 1.70. The summed E-state index contributed by atoms with van der Waals surface area (Å²) >= 11 is 0. The van der Waals surface area contributed by atoms with Crippen LogP contribution in [0.4, 0.5) is 5.95 Å². The fraction of sp³-hybridized carbons (Fsp3) is 0.471. The highest BCUT2D eigenvalue weighted by Gasteiger charge is 2.55. The number of para-hydroxylation sites is 1. The summed E-state index contributed by atoms with van der Waals surface area (Å²) < 4.78 is 5.06. The van der Waals surface area contributed by atoms with Crippen molar-refractivity contribution in [2.75, 3.05) is 25.1 Å². The van der Waals surface area contributed by atoms with E-state index in [1.165, 1.54) is 7.11 Å². The lowest BCUT2D eigenvalue weighted by molar-refractivity contribution is -0.152. The van der Waals surface area contributed by atoms with Gasteiger partial charge in [0.1, 0.15) is 0 Å². The molecular weight excluding hydrogens is 294 g/mol. The van der Waals surface area contributed by atoms with E-state index in [2.05, 4.69) is 9.97 Å². The third kappa shape index (κ3) is 2.04. The highest BCUT2D eigenvalue weighted by atomic mass is 16.5. The summed E-state index contributed by atoms with van der Waals surface area (Å²) in [5, 5.41) is 0.582. The quantitative estimate of drug-likeness (QED) is 0.854. The van der Waals surface area contributed by atoms with Gasteiger partial charge >= 0.3 is 5.97 Å². The summed E-state index contributed by atoms with van der Waals surface area (Å²) in [5.41, 5.74) is 0.0871. The molecule has 1 aromatic carbocycles. The van der Waals surface area contributed by atoms with E-state index in [4.69, 9.17) is 4.74 Å². The minimum atomic E-state index is -0.445. The Morgan fingerprint density at radius 3 is 3.09 bits per heavy atom. The second kappa shape index (κ2) is 5.08. The Morgan fingerprint density at radius 1 is 1.43 bits per heavy atom. The molecule has 1 N–H and O–H groups in total. The molecule has 1 aliphatic carbocycles. The third-order valence-electron chi connectivity index (χ3n) is 5.36. The summed E-state index contributed by atoms with van der Waals surface area (Å²) in [6.07, 6.45) is 2.91. The molecule has 1 saturated carbocycles. The monoisotopic (exact) mass is 313 g/mol. The highest BCUT2D eigenvalue weighted by molar-refractivity contribution is 5.80. The molecule has 2 fully saturated rings. The van der Waals surface area contributed by atoms with Gasteiger partial charge in [-0.2, -0.15) is 0 Å². The van der Waals surface area contributed by atoms with Crippen LogP contribution in [0.15, 0.2) is 29.1 Å². The van der Waals surface area contributed by atoms with E-state index in [0.717, 1.165) is 25.8 Å². The standard InChI is InChI=1S/C17H19N3O3/c1-23-15(22)17-8-4-5-11(17)9-20(10-17)16-18-13-7-3-2-6-12(13)14(21)19-16/h2-3,6-7,11H,4-5,8-10H2,1H3,(H,18,19,21). The number of fused-ring (bicyclic) bond motifs is 2. The van der Waals surface area contributed by atoms with Crippen LogP contribution in [0.2, 0.25) is 0 Å². The van der Waals surface area contributed by atoms with Crippen LogP contribution < -0.4 is 10.5 Å². The average molecular weight is 313 g/mol. The zero-order valence-corrected chi connectivity index (χ0v) is 13.0. The number of carbonyl (C=O) groups excluding carboxylic acids is 1. The number of methoxy groups -OCH3 is 1. The molecule has 1 aromatic heterocycles. The maximum atomic E-state index is 12.3. The normalized spacial score (nSPS) is 26.5. The minimum absolute atomic E-state index is 0.134. The molecule has 0 bridgehead atoms. The van der Waals surface area contributed by atoms with Crippen LogP contribution in [-0.4, -0.2) is 36.1 Å². The number of hydrogen-bond acceptors (Lipinski definition) is 5. The number of hydrogen-bond donors (Lipinski definition) is 1. The van der Waals surface area contributed by atoms with Gasteiger partial charge in [0.15, 0.2) is 0 Å². The summed E-state index contributed by atoms with van der Waals surface area (Å²) in [6, 6.07) is 7.29. The van der Waals surface area contributed by atoms with Crippen LogP contribution in [0.3, 0.4) is 0 Å². The first-order chi connectivity index (χ1) is 11.1. The molecule has 2 aromatic rings. The van der Waals surface area contributed by atoms with Crippen molar-refractivity contribution in [2.45, 2.75) is 19.3 Å². The Hall–Kier alpha value is -2.37. The van der Waals surface area contributed by atoms with Crippen molar-refractivity contribution in [3.63, 3.8) is 0 Å². The van der Waals surface area contributed by atoms with Crippen molar-refractivity contribution in [3.8, 4) is 0 Å². The fourth-order valence-electron chi connectivity index (χ4n) is 4.21. The number of anilines is 1. The maximum absolute atomic E-state index is 12.3. The van der Waals surface area contributed by atoms with E-state index in [-0.39, 0.29) is 17.4 Å². The molecule has 6 nitrogen and oxygen atoms in total. The van der Waals surface area contributed by atoms with E-state index < -0.39 is 5.41 Å². The fourth-order valence-corrected chi connectivity index (χ4v) is 4.21. The first-order valence-corrected chi connectivity index (χ1v) is 7.96. The van der Waals surface area contributed by atoms with E-state index in [9.17, 15) is 9.59 Å². The number of esters is 1. The molecule has 2 heterocycles. The van der Waals surface area contributed by atoms with Crippen LogP contribution in [-0.2, 0) is 9.53 Å². The summed E-state index contributed by atoms with van der Waals surface area (Å²) in [5.74, 6) is 0.684.